The Kier molecular flexibility index (Phi) is 3.65. The second-order valence-corrected chi connectivity index (χ2v) is 5.91. The number of ether oxygens (including phenoxy) is 1. The highest BCUT2D eigenvalue weighted by atomic mass is 16.6. The number of rotatable bonds is 1. The van der Waals surface area contributed by atoms with Gasteiger partial charge in [0.25, 0.3) is 0 Å². The van der Waals surface area contributed by atoms with Crippen molar-refractivity contribution in [2.75, 3.05) is 0 Å². The van der Waals surface area contributed by atoms with Gasteiger partial charge in [-0.05, 0) is 46.0 Å². The Hall–Kier alpha value is -0.610. The summed E-state index contributed by atoms with van der Waals surface area (Å²) in [6.45, 7) is 7.43. The summed E-state index contributed by atoms with van der Waals surface area (Å²) in [4.78, 5) is 11.9. The Morgan fingerprint density at radius 1 is 1.50 bits per heavy atom. The van der Waals surface area contributed by atoms with Gasteiger partial charge in [0.15, 0.2) is 5.60 Å². The van der Waals surface area contributed by atoms with Crippen molar-refractivity contribution in [1.82, 2.24) is 0 Å². The molecule has 0 aromatic carbocycles. The van der Waals surface area contributed by atoms with E-state index in [2.05, 4.69) is 6.92 Å². The molecule has 3 N–H and O–H groups in total. The number of hydrogen-bond acceptors (Lipinski definition) is 4. The van der Waals surface area contributed by atoms with Crippen LogP contribution in [-0.4, -0.2) is 28.3 Å². The number of aliphatic hydroxyl groups is 1. The quantitative estimate of drug-likeness (QED) is 0.663. The fraction of sp³-hybridized carbons (Fsp3) is 0.917. The van der Waals surface area contributed by atoms with Crippen LogP contribution in [0.3, 0.4) is 0 Å². The molecule has 0 saturated heterocycles. The van der Waals surface area contributed by atoms with Gasteiger partial charge in [0.2, 0.25) is 0 Å². The Morgan fingerprint density at radius 2 is 2.06 bits per heavy atom. The first-order valence-corrected chi connectivity index (χ1v) is 5.86. The summed E-state index contributed by atoms with van der Waals surface area (Å²) in [5.41, 5.74) is 3.78. The molecule has 1 saturated carbocycles. The zero-order valence-corrected chi connectivity index (χ0v) is 10.6. The van der Waals surface area contributed by atoms with Gasteiger partial charge in [-0.3, -0.25) is 0 Å². The predicted octanol–water partition coefficient (Wildman–Crippen LogP) is 1.21. The lowest BCUT2D eigenvalue weighted by Crippen LogP contribution is -2.58. The van der Waals surface area contributed by atoms with E-state index < -0.39 is 23.2 Å². The van der Waals surface area contributed by atoms with Crippen LogP contribution >= 0.6 is 0 Å². The zero-order chi connectivity index (χ0) is 12.6. The van der Waals surface area contributed by atoms with Crippen molar-refractivity contribution in [1.29, 1.82) is 0 Å². The standard InChI is InChI=1S/C12H23NO3/c1-8-5-6-12(15,9(13)7-8)10(14)16-11(2,3)4/h8-9,15H,5-7,13H2,1-4H3. The van der Waals surface area contributed by atoms with E-state index in [4.69, 9.17) is 10.5 Å². The number of carbonyl (C=O) groups excluding carboxylic acids is 1. The van der Waals surface area contributed by atoms with Gasteiger partial charge in [-0.15, -0.1) is 0 Å². The van der Waals surface area contributed by atoms with Gasteiger partial charge in [0.05, 0.1) is 0 Å². The molecule has 1 fully saturated rings. The summed E-state index contributed by atoms with van der Waals surface area (Å²) in [6.07, 6.45) is 1.86. The summed E-state index contributed by atoms with van der Waals surface area (Å²) in [5.74, 6) is -0.128. The molecule has 0 heterocycles. The smallest absolute Gasteiger partial charge is 0.340 e. The monoisotopic (exact) mass is 229 g/mol. The van der Waals surface area contributed by atoms with Gasteiger partial charge >= 0.3 is 5.97 Å². The van der Waals surface area contributed by atoms with E-state index in [1.165, 1.54) is 0 Å². The van der Waals surface area contributed by atoms with Crippen molar-refractivity contribution in [3.05, 3.63) is 0 Å². The molecular formula is C12H23NO3. The highest BCUT2D eigenvalue weighted by Crippen LogP contribution is 2.33. The molecule has 0 bridgehead atoms. The molecule has 0 aromatic heterocycles. The van der Waals surface area contributed by atoms with Gasteiger partial charge < -0.3 is 15.6 Å². The SMILES string of the molecule is CC1CCC(O)(C(=O)OC(C)(C)C)C(N)C1. The van der Waals surface area contributed by atoms with Crippen LogP contribution in [0.15, 0.2) is 0 Å². The molecule has 0 amide bonds. The van der Waals surface area contributed by atoms with Crippen molar-refractivity contribution in [3.8, 4) is 0 Å². The van der Waals surface area contributed by atoms with Crippen molar-refractivity contribution >= 4 is 5.97 Å². The van der Waals surface area contributed by atoms with E-state index in [-0.39, 0.29) is 0 Å². The lowest BCUT2D eigenvalue weighted by molar-refractivity contribution is -0.183. The van der Waals surface area contributed by atoms with E-state index in [1.54, 1.807) is 20.8 Å². The normalized spacial score (nSPS) is 35.9. The maximum absolute atomic E-state index is 11.9. The summed E-state index contributed by atoms with van der Waals surface area (Å²) in [7, 11) is 0. The second-order valence-electron chi connectivity index (χ2n) is 5.91. The molecule has 16 heavy (non-hydrogen) atoms. The molecule has 0 spiro atoms. The van der Waals surface area contributed by atoms with Gasteiger partial charge in [0, 0.05) is 6.04 Å². The van der Waals surface area contributed by atoms with Crippen LogP contribution in [0.2, 0.25) is 0 Å². The molecule has 0 aliphatic heterocycles. The molecule has 1 aliphatic carbocycles. The summed E-state index contributed by atoms with van der Waals surface area (Å²) < 4.78 is 5.22. The Bertz CT molecular complexity index is 272. The third-order valence-electron chi connectivity index (χ3n) is 3.04. The van der Waals surface area contributed by atoms with Gasteiger partial charge in [0.1, 0.15) is 5.60 Å². The Labute approximate surface area is 97.2 Å². The molecule has 3 unspecified atom stereocenters. The fourth-order valence-corrected chi connectivity index (χ4v) is 2.02. The van der Waals surface area contributed by atoms with Crippen molar-refractivity contribution in [2.24, 2.45) is 11.7 Å². The molecule has 1 aliphatic rings. The summed E-state index contributed by atoms with van der Waals surface area (Å²) in [6, 6.07) is -0.522. The van der Waals surface area contributed by atoms with Crippen LogP contribution in [0.5, 0.6) is 0 Å². The maximum atomic E-state index is 11.9. The van der Waals surface area contributed by atoms with Crippen molar-refractivity contribution in [2.45, 2.75) is 64.2 Å². The van der Waals surface area contributed by atoms with Gasteiger partial charge in [-0.25, -0.2) is 4.79 Å². The van der Waals surface area contributed by atoms with Crippen LogP contribution in [0.25, 0.3) is 0 Å². The topological polar surface area (TPSA) is 72.5 Å². The number of nitrogens with two attached hydrogens (primary N) is 1. The van der Waals surface area contributed by atoms with E-state index in [0.29, 0.717) is 18.8 Å². The Balaban J connectivity index is 2.73. The zero-order valence-electron chi connectivity index (χ0n) is 10.6. The lowest BCUT2D eigenvalue weighted by Gasteiger charge is -2.39. The molecule has 4 nitrogen and oxygen atoms in total. The number of esters is 1. The third kappa shape index (κ3) is 2.95. The lowest BCUT2D eigenvalue weighted by atomic mass is 9.76. The largest absolute Gasteiger partial charge is 0.458 e. The molecule has 4 heteroatoms. The highest BCUT2D eigenvalue weighted by molar-refractivity contribution is 5.80. The van der Waals surface area contributed by atoms with Crippen LogP contribution < -0.4 is 5.73 Å². The van der Waals surface area contributed by atoms with Crippen LogP contribution in [0.4, 0.5) is 0 Å². The van der Waals surface area contributed by atoms with Gasteiger partial charge in [-0.2, -0.15) is 0 Å². The highest BCUT2D eigenvalue weighted by Gasteiger charge is 2.47. The predicted molar refractivity (Wildman–Crippen MR) is 61.8 cm³/mol. The fourth-order valence-electron chi connectivity index (χ4n) is 2.02. The maximum Gasteiger partial charge on any atom is 0.340 e. The van der Waals surface area contributed by atoms with E-state index in [1.807, 2.05) is 0 Å². The minimum atomic E-state index is -1.50. The molecular weight excluding hydrogens is 206 g/mol. The molecule has 0 radical (unpaired) electrons. The van der Waals surface area contributed by atoms with Crippen molar-refractivity contribution in [3.63, 3.8) is 0 Å². The molecule has 3 atom stereocenters. The molecule has 94 valence electrons. The first-order chi connectivity index (χ1) is 7.15. The second kappa shape index (κ2) is 4.34. The van der Waals surface area contributed by atoms with Crippen LogP contribution in [0.1, 0.15) is 47.0 Å². The average Bonchev–Trinajstić information content (AvgIpc) is 2.09. The van der Waals surface area contributed by atoms with Crippen LogP contribution in [-0.2, 0) is 9.53 Å². The van der Waals surface area contributed by atoms with E-state index in [0.717, 1.165) is 6.42 Å². The van der Waals surface area contributed by atoms with Gasteiger partial charge in [-0.1, -0.05) is 6.92 Å². The Morgan fingerprint density at radius 3 is 2.50 bits per heavy atom. The van der Waals surface area contributed by atoms with Crippen LogP contribution in [0, 0.1) is 5.92 Å². The molecule has 1 rings (SSSR count). The first-order valence-electron chi connectivity index (χ1n) is 5.86. The van der Waals surface area contributed by atoms with Crippen molar-refractivity contribution < 1.29 is 14.6 Å². The van der Waals surface area contributed by atoms with E-state index in [9.17, 15) is 9.90 Å². The minimum Gasteiger partial charge on any atom is -0.458 e. The van der Waals surface area contributed by atoms with E-state index >= 15 is 0 Å². The first kappa shape index (κ1) is 13.5. The third-order valence-corrected chi connectivity index (χ3v) is 3.04. The molecule has 0 aromatic rings. The minimum absolute atomic E-state index is 0.393. The average molecular weight is 229 g/mol. The summed E-state index contributed by atoms with van der Waals surface area (Å²) in [5, 5.41) is 10.3. The summed E-state index contributed by atoms with van der Waals surface area (Å²) >= 11 is 0. The number of hydrogen-bond donors (Lipinski definition) is 2. The number of carbonyl (C=O) groups is 1.